The van der Waals surface area contributed by atoms with Gasteiger partial charge in [-0.3, -0.25) is 4.98 Å². The van der Waals surface area contributed by atoms with Gasteiger partial charge in [0.1, 0.15) is 0 Å². The summed E-state index contributed by atoms with van der Waals surface area (Å²) in [5.74, 6) is 0.665. The molecule has 1 N–H and O–H groups in total. The van der Waals surface area contributed by atoms with E-state index in [2.05, 4.69) is 42.2 Å². The molecule has 1 rings (SSSR count). The van der Waals surface area contributed by atoms with Crippen molar-refractivity contribution in [3.63, 3.8) is 0 Å². The maximum atomic E-state index is 4.18. The summed E-state index contributed by atoms with van der Waals surface area (Å²) in [7, 11) is 4.00. The molecule has 0 aliphatic carbocycles. The highest BCUT2D eigenvalue weighted by Gasteiger charge is 2.03. The molecule has 3 heteroatoms. The van der Waals surface area contributed by atoms with E-state index in [-0.39, 0.29) is 0 Å². The fraction of sp³-hybridized carbons (Fsp3) is 0.545. The van der Waals surface area contributed by atoms with Crippen molar-refractivity contribution in [2.24, 2.45) is 5.92 Å². The first-order chi connectivity index (χ1) is 6.63. The Morgan fingerprint density at radius 1 is 1.43 bits per heavy atom. The van der Waals surface area contributed by atoms with Crippen molar-refractivity contribution < 1.29 is 0 Å². The van der Waals surface area contributed by atoms with Gasteiger partial charge in [0.05, 0.1) is 23.8 Å². The molecule has 0 unspecified atom stereocenters. The number of hydrogen-bond acceptors (Lipinski definition) is 3. The second-order valence-electron chi connectivity index (χ2n) is 3.96. The lowest BCUT2D eigenvalue weighted by Gasteiger charge is -2.21. The minimum absolute atomic E-state index is 0.665. The van der Waals surface area contributed by atoms with E-state index in [0.717, 1.165) is 17.9 Å². The SMILES string of the molecule is CNc1cncc(N(C)CC(C)C)c1. The summed E-state index contributed by atoms with van der Waals surface area (Å²) in [6.07, 6.45) is 3.72. The zero-order chi connectivity index (χ0) is 10.6. The van der Waals surface area contributed by atoms with E-state index >= 15 is 0 Å². The fourth-order valence-electron chi connectivity index (χ4n) is 1.43. The summed E-state index contributed by atoms with van der Waals surface area (Å²) < 4.78 is 0. The van der Waals surface area contributed by atoms with E-state index in [1.807, 2.05) is 19.4 Å². The number of nitrogens with one attached hydrogen (secondary N) is 1. The number of pyridine rings is 1. The molecule has 0 aliphatic heterocycles. The summed E-state index contributed by atoms with van der Waals surface area (Å²) in [5, 5.41) is 3.09. The van der Waals surface area contributed by atoms with Gasteiger partial charge in [-0.15, -0.1) is 0 Å². The molecule has 3 nitrogen and oxygen atoms in total. The number of anilines is 2. The summed E-state index contributed by atoms with van der Waals surface area (Å²) in [6.45, 7) is 5.48. The minimum Gasteiger partial charge on any atom is -0.387 e. The Kier molecular flexibility index (Phi) is 3.74. The molecule has 0 atom stereocenters. The number of aromatic nitrogens is 1. The van der Waals surface area contributed by atoms with Crippen molar-refractivity contribution in [2.45, 2.75) is 13.8 Å². The molecule has 14 heavy (non-hydrogen) atoms. The molecule has 0 saturated heterocycles. The van der Waals surface area contributed by atoms with E-state index in [0.29, 0.717) is 5.92 Å². The molecule has 0 amide bonds. The first-order valence-corrected chi connectivity index (χ1v) is 4.97. The van der Waals surface area contributed by atoms with Gasteiger partial charge in [-0.1, -0.05) is 13.8 Å². The second-order valence-corrected chi connectivity index (χ2v) is 3.96. The van der Waals surface area contributed by atoms with Crippen LogP contribution >= 0.6 is 0 Å². The highest BCUT2D eigenvalue weighted by Crippen LogP contribution is 2.16. The standard InChI is InChI=1S/C11H19N3/c1-9(2)8-14(4)11-5-10(12-3)6-13-7-11/h5-7,9,12H,8H2,1-4H3. The van der Waals surface area contributed by atoms with E-state index in [1.54, 1.807) is 0 Å². The molecule has 1 heterocycles. The highest BCUT2D eigenvalue weighted by molar-refractivity contribution is 5.54. The van der Waals surface area contributed by atoms with Crippen LogP contribution in [0, 0.1) is 5.92 Å². The molecule has 0 fully saturated rings. The molecule has 0 saturated carbocycles. The van der Waals surface area contributed by atoms with Gasteiger partial charge in [0, 0.05) is 20.6 Å². The highest BCUT2D eigenvalue weighted by atomic mass is 15.1. The third-order valence-corrected chi connectivity index (χ3v) is 2.09. The zero-order valence-corrected chi connectivity index (χ0v) is 9.41. The molecule has 0 aromatic carbocycles. The first kappa shape index (κ1) is 10.8. The van der Waals surface area contributed by atoms with Crippen molar-refractivity contribution in [1.29, 1.82) is 0 Å². The van der Waals surface area contributed by atoms with Gasteiger partial charge in [-0.25, -0.2) is 0 Å². The molecule has 0 spiro atoms. The van der Waals surface area contributed by atoms with Crippen LogP contribution < -0.4 is 10.2 Å². The Labute approximate surface area is 86.2 Å². The number of rotatable bonds is 4. The van der Waals surface area contributed by atoms with Crippen molar-refractivity contribution >= 4 is 11.4 Å². The van der Waals surface area contributed by atoms with E-state index < -0.39 is 0 Å². The van der Waals surface area contributed by atoms with Gasteiger partial charge >= 0.3 is 0 Å². The maximum Gasteiger partial charge on any atom is 0.0570 e. The lowest BCUT2D eigenvalue weighted by Crippen LogP contribution is -2.22. The summed E-state index contributed by atoms with van der Waals surface area (Å²) >= 11 is 0. The second kappa shape index (κ2) is 4.84. The van der Waals surface area contributed by atoms with Crippen LogP contribution in [0.1, 0.15) is 13.8 Å². The predicted molar refractivity (Wildman–Crippen MR) is 61.9 cm³/mol. The van der Waals surface area contributed by atoms with Crippen LogP contribution in [0.25, 0.3) is 0 Å². The van der Waals surface area contributed by atoms with E-state index in [4.69, 9.17) is 0 Å². The van der Waals surface area contributed by atoms with Gasteiger partial charge in [0.2, 0.25) is 0 Å². The Morgan fingerprint density at radius 3 is 2.71 bits per heavy atom. The van der Waals surface area contributed by atoms with Gasteiger partial charge in [-0.2, -0.15) is 0 Å². The molecular weight excluding hydrogens is 174 g/mol. The van der Waals surface area contributed by atoms with Crippen LogP contribution in [0.3, 0.4) is 0 Å². The zero-order valence-electron chi connectivity index (χ0n) is 9.41. The molecule has 0 bridgehead atoms. The predicted octanol–water partition coefficient (Wildman–Crippen LogP) is 2.22. The number of nitrogens with zero attached hydrogens (tertiary/aromatic N) is 2. The number of hydrogen-bond donors (Lipinski definition) is 1. The monoisotopic (exact) mass is 193 g/mol. The normalized spacial score (nSPS) is 10.4. The van der Waals surface area contributed by atoms with Crippen LogP contribution in [-0.4, -0.2) is 25.6 Å². The van der Waals surface area contributed by atoms with Gasteiger partial charge in [-0.05, 0) is 12.0 Å². The van der Waals surface area contributed by atoms with Crippen molar-refractivity contribution in [3.05, 3.63) is 18.5 Å². The Hall–Kier alpha value is -1.25. The molecule has 1 aromatic rings. The van der Waals surface area contributed by atoms with Gasteiger partial charge in [0.15, 0.2) is 0 Å². The van der Waals surface area contributed by atoms with Crippen LogP contribution in [0.2, 0.25) is 0 Å². The van der Waals surface area contributed by atoms with Crippen LogP contribution in [0.15, 0.2) is 18.5 Å². The maximum absolute atomic E-state index is 4.18. The average Bonchev–Trinajstić information content (AvgIpc) is 2.17. The summed E-state index contributed by atoms with van der Waals surface area (Å²) in [4.78, 5) is 6.40. The van der Waals surface area contributed by atoms with E-state index in [9.17, 15) is 0 Å². The van der Waals surface area contributed by atoms with Crippen LogP contribution in [-0.2, 0) is 0 Å². The van der Waals surface area contributed by atoms with Gasteiger partial charge < -0.3 is 10.2 Å². The van der Waals surface area contributed by atoms with Crippen LogP contribution in [0.5, 0.6) is 0 Å². The molecule has 0 aliphatic rings. The lowest BCUT2D eigenvalue weighted by atomic mass is 10.2. The van der Waals surface area contributed by atoms with Crippen molar-refractivity contribution in [1.82, 2.24) is 4.98 Å². The third-order valence-electron chi connectivity index (χ3n) is 2.09. The quantitative estimate of drug-likeness (QED) is 0.794. The molecule has 0 radical (unpaired) electrons. The Bertz CT molecular complexity index is 284. The first-order valence-electron chi connectivity index (χ1n) is 4.97. The Morgan fingerprint density at radius 2 is 2.14 bits per heavy atom. The third kappa shape index (κ3) is 2.91. The molecule has 78 valence electrons. The summed E-state index contributed by atoms with van der Waals surface area (Å²) in [5.41, 5.74) is 2.21. The smallest absolute Gasteiger partial charge is 0.0570 e. The van der Waals surface area contributed by atoms with Crippen LogP contribution in [0.4, 0.5) is 11.4 Å². The van der Waals surface area contributed by atoms with Crippen molar-refractivity contribution in [2.75, 3.05) is 30.9 Å². The molecule has 1 aromatic heterocycles. The minimum atomic E-state index is 0.665. The lowest BCUT2D eigenvalue weighted by molar-refractivity contribution is 0.638. The van der Waals surface area contributed by atoms with E-state index in [1.165, 1.54) is 0 Å². The molecular formula is C11H19N3. The largest absolute Gasteiger partial charge is 0.387 e. The van der Waals surface area contributed by atoms with Crippen molar-refractivity contribution in [3.8, 4) is 0 Å². The topological polar surface area (TPSA) is 28.2 Å². The Balaban J connectivity index is 2.73. The average molecular weight is 193 g/mol. The summed E-state index contributed by atoms with van der Waals surface area (Å²) in [6, 6.07) is 2.11. The fourth-order valence-corrected chi connectivity index (χ4v) is 1.43. The van der Waals surface area contributed by atoms with Gasteiger partial charge in [0.25, 0.3) is 0 Å².